The predicted octanol–water partition coefficient (Wildman–Crippen LogP) is 2.39. The highest BCUT2D eigenvalue weighted by Gasteiger charge is 2.27. The average molecular weight is 225 g/mol. The van der Waals surface area contributed by atoms with Gasteiger partial charge in [-0.3, -0.25) is 5.32 Å². The Labute approximate surface area is 101 Å². The lowest BCUT2D eigenvalue weighted by molar-refractivity contribution is 0.292. The van der Waals surface area contributed by atoms with E-state index in [1.807, 2.05) is 0 Å². The molecule has 0 bridgehead atoms. The maximum atomic E-state index is 9.32. The van der Waals surface area contributed by atoms with Crippen LogP contribution in [0, 0.1) is 11.3 Å². The van der Waals surface area contributed by atoms with Crippen molar-refractivity contribution in [1.29, 1.82) is 5.26 Å². The monoisotopic (exact) mass is 225 g/mol. The summed E-state index contributed by atoms with van der Waals surface area (Å²) in [6.45, 7) is 10.6. The van der Waals surface area contributed by atoms with Gasteiger partial charge in [-0.25, -0.2) is 0 Å². The molecule has 16 heavy (non-hydrogen) atoms. The molecule has 0 saturated carbocycles. The summed E-state index contributed by atoms with van der Waals surface area (Å²) in [6.07, 6.45) is 2.88. The van der Waals surface area contributed by atoms with E-state index in [1.165, 1.54) is 0 Å². The molecule has 1 N–H and O–H groups in total. The summed E-state index contributed by atoms with van der Waals surface area (Å²) in [7, 11) is 2.12. The minimum atomic E-state index is -0.331. The van der Waals surface area contributed by atoms with Gasteiger partial charge in [0.05, 0.1) is 6.07 Å². The van der Waals surface area contributed by atoms with Gasteiger partial charge in [0.25, 0.3) is 0 Å². The van der Waals surface area contributed by atoms with Gasteiger partial charge in [-0.15, -0.1) is 0 Å². The van der Waals surface area contributed by atoms with Gasteiger partial charge in [-0.05, 0) is 53.2 Å². The van der Waals surface area contributed by atoms with Gasteiger partial charge in [-0.2, -0.15) is 5.26 Å². The zero-order valence-electron chi connectivity index (χ0n) is 11.5. The Hall–Kier alpha value is -0.590. The molecule has 0 aliphatic heterocycles. The first-order valence-electron chi connectivity index (χ1n) is 6.37. The molecule has 0 aliphatic carbocycles. The third-order valence-corrected chi connectivity index (χ3v) is 3.07. The molecule has 0 aromatic heterocycles. The lowest BCUT2D eigenvalue weighted by atomic mass is 9.91. The highest BCUT2D eigenvalue weighted by Crippen LogP contribution is 2.17. The molecule has 1 unspecified atom stereocenters. The third-order valence-electron chi connectivity index (χ3n) is 3.07. The van der Waals surface area contributed by atoms with E-state index in [9.17, 15) is 5.26 Å². The SMILES string of the molecule is CCN(C)CCCC(C#N)(CC)NC(C)C. The van der Waals surface area contributed by atoms with Crippen LogP contribution in [0.15, 0.2) is 0 Å². The van der Waals surface area contributed by atoms with Crippen molar-refractivity contribution in [3.8, 4) is 6.07 Å². The highest BCUT2D eigenvalue weighted by molar-refractivity contribution is 5.06. The summed E-state index contributed by atoms with van der Waals surface area (Å²) in [4.78, 5) is 2.28. The van der Waals surface area contributed by atoms with Crippen LogP contribution >= 0.6 is 0 Å². The fraction of sp³-hybridized carbons (Fsp3) is 0.923. The van der Waals surface area contributed by atoms with Crippen molar-refractivity contribution < 1.29 is 0 Å². The first kappa shape index (κ1) is 15.4. The quantitative estimate of drug-likeness (QED) is 0.689. The van der Waals surface area contributed by atoms with E-state index >= 15 is 0 Å². The van der Waals surface area contributed by atoms with Crippen LogP contribution in [0.5, 0.6) is 0 Å². The Morgan fingerprint density at radius 3 is 2.38 bits per heavy atom. The minimum Gasteiger partial charge on any atom is -0.307 e. The second-order valence-corrected chi connectivity index (χ2v) is 4.85. The van der Waals surface area contributed by atoms with E-state index in [1.54, 1.807) is 0 Å². The molecular weight excluding hydrogens is 198 g/mol. The van der Waals surface area contributed by atoms with Crippen molar-refractivity contribution in [1.82, 2.24) is 10.2 Å². The predicted molar refractivity (Wildman–Crippen MR) is 69.3 cm³/mol. The molecule has 0 spiro atoms. The molecule has 0 aromatic carbocycles. The lowest BCUT2D eigenvalue weighted by Crippen LogP contribution is -2.47. The summed E-state index contributed by atoms with van der Waals surface area (Å²) in [6, 6.07) is 2.82. The van der Waals surface area contributed by atoms with E-state index in [-0.39, 0.29) is 5.54 Å². The second-order valence-electron chi connectivity index (χ2n) is 4.85. The Bertz CT molecular complexity index is 220. The molecule has 0 aliphatic rings. The van der Waals surface area contributed by atoms with Gasteiger partial charge in [0.2, 0.25) is 0 Å². The molecule has 1 atom stereocenters. The first-order chi connectivity index (χ1) is 7.49. The van der Waals surface area contributed by atoms with E-state index in [2.05, 4.69) is 51.0 Å². The van der Waals surface area contributed by atoms with Gasteiger partial charge >= 0.3 is 0 Å². The number of hydrogen-bond acceptors (Lipinski definition) is 3. The van der Waals surface area contributed by atoms with Crippen LogP contribution in [-0.4, -0.2) is 36.6 Å². The van der Waals surface area contributed by atoms with Gasteiger partial charge < -0.3 is 4.90 Å². The molecule has 0 aromatic rings. The summed E-state index contributed by atoms with van der Waals surface area (Å²) >= 11 is 0. The Balaban J connectivity index is 4.18. The van der Waals surface area contributed by atoms with E-state index in [4.69, 9.17) is 0 Å². The van der Waals surface area contributed by atoms with Gasteiger partial charge in [0, 0.05) is 6.04 Å². The molecule has 0 fully saturated rings. The maximum Gasteiger partial charge on any atom is 0.106 e. The van der Waals surface area contributed by atoms with E-state index in [0.29, 0.717) is 6.04 Å². The number of nitrogens with one attached hydrogen (secondary N) is 1. The molecule has 0 radical (unpaired) electrons. The van der Waals surface area contributed by atoms with Gasteiger partial charge in [0.1, 0.15) is 5.54 Å². The van der Waals surface area contributed by atoms with Crippen molar-refractivity contribution in [2.45, 2.75) is 58.5 Å². The Morgan fingerprint density at radius 2 is 2.00 bits per heavy atom. The van der Waals surface area contributed by atoms with Gasteiger partial charge in [-0.1, -0.05) is 13.8 Å². The summed E-state index contributed by atoms with van der Waals surface area (Å²) in [5.74, 6) is 0. The molecule has 0 rings (SSSR count). The van der Waals surface area contributed by atoms with Crippen molar-refractivity contribution in [3.05, 3.63) is 0 Å². The van der Waals surface area contributed by atoms with Crippen LogP contribution in [0.4, 0.5) is 0 Å². The number of nitriles is 1. The summed E-state index contributed by atoms with van der Waals surface area (Å²) in [5.41, 5.74) is -0.331. The standard InChI is InChI=1S/C13H27N3/c1-6-13(11-14,15-12(3)4)9-8-10-16(5)7-2/h12,15H,6-10H2,1-5H3. The van der Waals surface area contributed by atoms with Crippen LogP contribution in [-0.2, 0) is 0 Å². The molecule has 3 heteroatoms. The largest absolute Gasteiger partial charge is 0.307 e. The molecule has 0 amide bonds. The normalized spacial score (nSPS) is 15.1. The molecular formula is C13H27N3. The number of nitrogens with zero attached hydrogens (tertiary/aromatic N) is 2. The average Bonchev–Trinajstić information content (AvgIpc) is 2.26. The number of hydrogen-bond donors (Lipinski definition) is 1. The summed E-state index contributed by atoms with van der Waals surface area (Å²) in [5, 5.41) is 12.7. The van der Waals surface area contributed by atoms with Crippen LogP contribution < -0.4 is 5.32 Å². The minimum absolute atomic E-state index is 0.331. The molecule has 0 saturated heterocycles. The molecule has 94 valence electrons. The Morgan fingerprint density at radius 1 is 1.38 bits per heavy atom. The van der Waals surface area contributed by atoms with E-state index < -0.39 is 0 Å². The Kier molecular flexibility index (Phi) is 7.36. The van der Waals surface area contributed by atoms with Crippen molar-refractivity contribution in [3.63, 3.8) is 0 Å². The van der Waals surface area contributed by atoms with Crippen LogP contribution in [0.2, 0.25) is 0 Å². The van der Waals surface area contributed by atoms with Crippen LogP contribution in [0.25, 0.3) is 0 Å². The molecule has 0 heterocycles. The fourth-order valence-electron chi connectivity index (χ4n) is 1.88. The van der Waals surface area contributed by atoms with Crippen LogP contribution in [0.3, 0.4) is 0 Å². The second kappa shape index (κ2) is 7.65. The highest BCUT2D eigenvalue weighted by atomic mass is 15.1. The number of rotatable bonds is 8. The smallest absolute Gasteiger partial charge is 0.106 e. The van der Waals surface area contributed by atoms with Gasteiger partial charge in [0.15, 0.2) is 0 Å². The zero-order chi connectivity index (χ0) is 12.6. The lowest BCUT2D eigenvalue weighted by Gasteiger charge is -2.29. The van der Waals surface area contributed by atoms with Crippen molar-refractivity contribution in [2.75, 3.05) is 20.1 Å². The summed E-state index contributed by atoms with van der Waals surface area (Å²) < 4.78 is 0. The first-order valence-corrected chi connectivity index (χ1v) is 6.37. The fourth-order valence-corrected chi connectivity index (χ4v) is 1.88. The molecule has 3 nitrogen and oxygen atoms in total. The maximum absolute atomic E-state index is 9.32. The van der Waals surface area contributed by atoms with Crippen LogP contribution in [0.1, 0.15) is 47.0 Å². The van der Waals surface area contributed by atoms with Crippen molar-refractivity contribution >= 4 is 0 Å². The topological polar surface area (TPSA) is 39.1 Å². The third kappa shape index (κ3) is 5.48. The zero-order valence-corrected chi connectivity index (χ0v) is 11.5. The van der Waals surface area contributed by atoms with E-state index in [0.717, 1.165) is 32.4 Å². The van der Waals surface area contributed by atoms with Crippen molar-refractivity contribution in [2.24, 2.45) is 0 Å².